The lowest BCUT2D eigenvalue weighted by Gasteiger charge is -2.08. The van der Waals surface area contributed by atoms with Gasteiger partial charge in [-0.2, -0.15) is 0 Å². The van der Waals surface area contributed by atoms with Gasteiger partial charge in [0, 0.05) is 0 Å². The molecule has 0 bridgehead atoms. The van der Waals surface area contributed by atoms with Gasteiger partial charge in [0.1, 0.15) is 0 Å². The topological polar surface area (TPSA) is 29.5 Å². The van der Waals surface area contributed by atoms with Crippen LogP contribution in [-0.4, -0.2) is 12.2 Å². The SMILES string of the molecule is COc1cccc(CCCCCCCCCCc2ccccc2)c1O. The van der Waals surface area contributed by atoms with Crippen LogP contribution < -0.4 is 4.74 Å². The Labute approximate surface area is 152 Å². The van der Waals surface area contributed by atoms with Crippen LogP contribution in [0.2, 0.25) is 0 Å². The van der Waals surface area contributed by atoms with Crippen LogP contribution in [0.15, 0.2) is 48.5 Å². The van der Waals surface area contributed by atoms with E-state index < -0.39 is 0 Å². The van der Waals surface area contributed by atoms with Gasteiger partial charge >= 0.3 is 0 Å². The van der Waals surface area contributed by atoms with Gasteiger partial charge in [-0.25, -0.2) is 0 Å². The molecule has 2 aromatic rings. The Kier molecular flexibility index (Phi) is 8.96. The highest BCUT2D eigenvalue weighted by Gasteiger charge is 2.06. The van der Waals surface area contributed by atoms with E-state index in [1.807, 2.05) is 12.1 Å². The number of methoxy groups -OCH3 is 1. The zero-order valence-electron chi connectivity index (χ0n) is 15.5. The number of hydrogen-bond acceptors (Lipinski definition) is 2. The Bertz CT molecular complexity index is 592. The van der Waals surface area contributed by atoms with E-state index in [4.69, 9.17) is 4.74 Å². The van der Waals surface area contributed by atoms with Gasteiger partial charge in [-0.1, -0.05) is 81.0 Å². The summed E-state index contributed by atoms with van der Waals surface area (Å²) in [6, 6.07) is 16.5. The minimum Gasteiger partial charge on any atom is -0.504 e. The van der Waals surface area contributed by atoms with E-state index in [9.17, 15) is 5.11 Å². The first-order valence-electron chi connectivity index (χ1n) is 9.70. The summed E-state index contributed by atoms with van der Waals surface area (Å²) in [5.74, 6) is 0.886. The van der Waals surface area contributed by atoms with Crippen molar-refractivity contribution < 1.29 is 9.84 Å². The molecule has 0 unspecified atom stereocenters. The second kappa shape index (κ2) is 11.6. The maximum absolute atomic E-state index is 10.1. The van der Waals surface area contributed by atoms with Crippen LogP contribution in [0.5, 0.6) is 11.5 Å². The first kappa shape index (κ1) is 19.4. The van der Waals surface area contributed by atoms with Gasteiger partial charge < -0.3 is 9.84 Å². The Morgan fingerprint density at radius 1 is 0.680 bits per heavy atom. The third-order valence-electron chi connectivity index (χ3n) is 4.81. The molecular weight excluding hydrogens is 308 g/mol. The number of aryl methyl sites for hydroxylation is 2. The van der Waals surface area contributed by atoms with Gasteiger partial charge in [0.05, 0.1) is 7.11 Å². The lowest BCUT2D eigenvalue weighted by atomic mass is 10.0. The van der Waals surface area contributed by atoms with Crippen molar-refractivity contribution >= 4 is 0 Å². The summed E-state index contributed by atoms with van der Waals surface area (Å²) < 4.78 is 5.16. The maximum atomic E-state index is 10.1. The van der Waals surface area contributed by atoms with E-state index in [2.05, 4.69) is 30.3 Å². The number of rotatable bonds is 12. The molecule has 0 aliphatic carbocycles. The number of benzene rings is 2. The number of aromatic hydroxyl groups is 1. The number of ether oxygens (including phenoxy) is 1. The van der Waals surface area contributed by atoms with Crippen molar-refractivity contribution in [2.24, 2.45) is 0 Å². The van der Waals surface area contributed by atoms with E-state index >= 15 is 0 Å². The molecule has 0 aliphatic heterocycles. The predicted molar refractivity (Wildman–Crippen MR) is 105 cm³/mol. The highest BCUT2D eigenvalue weighted by atomic mass is 16.5. The standard InChI is InChI=1S/C23H32O2/c1-25-22-19-13-18-21(23(22)24)17-12-7-5-3-2-4-6-9-14-20-15-10-8-11-16-20/h8,10-11,13,15-16,18-19,24H,2-7,9,12,14,17H2,1H3. The molecule has 2 aromatic carbocycles. The van der Waals surface area contributed by atoms with Gasteiger partial charge in [0.25, 0.3) is 0 Å². The van der Waals surface area contributed by atoms with Gasteiger partial charge in [-0.05, 0) is 42.9 Å². The molecular formula is C23H32O2. The Balaban J connectivity index is 1.46. The average Bonchev–Trinajstić information content (AvgIpc) is 2.65. The molecule has 1 N–H and O–H groups in total. The summed E-state index contributed by atoms with van der Waals surface area (Å²) in [6.45, 7) is 0. The quantitative estimate of drug-likeness (QED) is 0.459. The fraction of sp³-hybridized carbons (Fsp3) is 0.478. The highest BCUT2D eigenvalue weighted by Crippen LogP contribution is 2.30. The molecule has 2 nitrogen and oxygen atoms in total. The maximum Gasteiger partial charge on any atom is 0.160 e. The number of phenols is 1. The average molecular weight is 341 g/mol. The van der Waals surface area contributed by atoms with Crippen molar-refractivity contribution in [2.75, 3.05) is 7.11 Å². The number of hydrogen-bond donors (Lipinski definition) is 1. The molecule has 0 heterocycles. The largest absolute Gasteiger partial charge is 0.504 e. The van der Waals surface area contributed by atoms with Crippen LogP contribution >= 0.6 is 0 Å². The lowest BCUT2D eigenvalue weighted by molar-refractivity contribution is 0.370. The zero-order chi connectivity index (χ0) is 17.7. The van der Waals surface area contributed by atoms with Crippen LogP contribution in [0.1, 0.15) is 62.5 Å². The molecule has 25 heavy (non-hydrogen) atoms. The molecule has 2 heteroatoms. The predicted octanol–water partition coefficient (Wildman–Crippen LogP) is 6.31. The minimum atomic E-state index is 0.309. The molecule has 0 amide bonds. The fourth-order valence-electron chi connectivity index (χ4n) is 3.28. The summed E-state index contributed by atoms with van der Waals surface area (Å²) in [4.78, 5) is 0. The molecule has 0 saturated heterocycles. The van der Waals surface area contributed by atoms with Crippen LogP contribution in [0, 0.1) is 0 Å². The van der Waals surface area contributed by atoms with Crippen molar-refractivity contribution in [3.8, 4) is 11.5 Å². The third-order valence-corrected chi connectivity index (χ3v) is 4.81. The van der Waals surface area contributed by atoms with E-state index in [1.165, 1.54) is 56.9 Å². The van der Waals surface area contributed by atoms with Crippen LogP contribution in [0.3, 0.4) is 0 Å². The van der Waals surface area contributed by atoms with Crippen molar-refractivity contribution in [2.45, 2.75) is 64.2 Å². The zero-order valence-corrected chi connectivity index (χ0v) is 15.5. The summed E-state index contributed by atoms with van der Waals surface area (Å²) >= 11 is 0. The Hall–Kier alpha value is -1.96. The lowest BCUT2D eigenvalue weighted by Crippen LogP contribution is -1.91. The Morgan fingerprint density at radius 2 is 1.28 bits per heavy atom. The molecule has 2 rings (SSSR count). The number of phenolic OH excluding ortho intramolecular Hbond substituents is 1. The summed E-state index contributed by atoms with van der Waals surface area (Å²) in [6.07, 6.45) is 12.5. The smallest absolute Gasteiger partial charge is 0.160 e. The fourth-order valence-corrected chi connectivity index (χ4v) is 3.28. The molecule has 0 spiro atoms. The summed E-state index contributed by atoms with van der Waals surface area (Å²) in [5.41, 5.74) is 2.46. The molecule has 0 fully saturated rings. The van der Waals surface area contributed by atoms with E-state index in [0.717, 1.165) is 18.4 Å². The van der Waals surface area contributed by atoms with Gasteiger partial charge in [0.2, 0.25) is 0 Å². The van der Waals surface area contributed by atoms with Crippen LogP contribution in [-0.2, 0) is 12.8 Å². The van der Waals surface area contributed by atoms with E-state index in [0.29, 0.717) is 11.5 Å². The second-order valence-corrected chi connectivity index (χ2v) is 6.78. The second-order valence-electron chi connectivity index (χ2n) is 6.78. The van der Waals surface area contributed by atoms with E-state index in [1.54, 1.807) is 13.2 Å². The Morgan fingerprint density at radius 3 is 1.92 bits per heavy atom. The van der Waals surface area contributed by atoms with Crippen LogP contribution in [0.25, 0.3) is 0 Å². The molecule has 0 aliphatic rings. The third kappa shape index (κ3) is 7.21. The molecule has 0 atom stereocenters. The number of unbranched alkanes of at least 4 members (excludes halogenated alkanes) is 7. The first-order valence-corrected chi connectivity index (χ1v) is 9.70. The van der Waals surface area contributed by atoms with Crippen molar-refractivity contribution in [1.29, 1.82) is 0 Å². The van der Waals surface area contributed by atoms with Gasteiger partial charge in [0.15, 0.2) is 11.5 Å². The molecule has 0 radical (unpaired) electrons. The van der Waals surface area contributed by atoms with Crippen molar-refractivity contribution in [3.05, 3.63) is 59.7 Å². The minimum absolute atomic E-state index is 0.309. The highest BCUT2D eigenvalue weighted by molar-refractivity contribution is 5.45. The van der Waals surface area contributed by atoms with Crippen LogP contribution in [0.4, 0.5) is 0 Å². The summed E-state index contributed by atoms with van der Waals surface area (Å²) in [5, 5.41) is 10.1. The molecule has 136 valence electrons. The van der Waals surface area contributed by atoms with E-state index in [-0.39, 0.29) is 0 Å². The normalized spacial score (nSPS) is 10.8. The molecule has 0 aromatic heterocycles. The van der Waals surface area contributed by atoms with Gasteiger partial charge in [-0.3, -0.25) is 0 Å². The molecule has 0 saturated carbocycles. The van der Waals surface area contributed by atoms with Crippen molar-refractivity contribution in [3.63, 3.8) is 0 Å². The monoisotopic (exact) mass is 340 g/mol. The van der Waals surface area contributed by atoms with Gasteiger partial charge in [-0.15, -0.1) is 0 Å². The van der Waals surface area contributed by atoms with Crippen molar-refractivity contribution in [1.82, 2.24) is 0 Å². The summed E-state index contributed by atoms with van der Waals surface area (Å²) in [7, 11) is 1.60. The first-order chi connectivity index (χ1) is 12.3. The number of para-hydroxylation sites is 1.